The van der Waals surface area contributed by atoms with Gasteiger partial charge in [0.25, 0.3) is 0 Å². The van der Waals surface area contributed by atoms with Crippen molar-refractivity contribution in [3.63, 3.8) is 0 Å². The minimum Gasteiger partial charge on any atom is -0.507 e. The molecule has 1 N–H and O–H groups in total. The second kappa shape index (κ2) is 8.89. The highest BCUT2D eigenvalue weighted by molar-refractivity contribution is 6.32. The second-order valence-electron chi connectivity index (χ2n) is 8.11. The molecular weight excluding hydrogens is 443 g/mol. The lowest BCUT2D eigenvalue weighted by molar-refractivity contribution is 0.101. The summed E-state index contributed by atoms with van der Waals surface area (Å²) in [5, 5.41) is 10.7. The summed E-state index contributed by atoms with van der Waals surface area (Å²) in [4.78, 5) is 17.5. The van der Waals surface area contributed by atoms with Gasteiger partial charge in [0.2, 0.25) is 5.78 Å². The summed E-state index contributed by atoms with van der Waals surface area (Å²) < 4.78 is 20.1. The van der Waals surface area contributed by atoms with Crippen molar-refractivity contribution in [2.45, 2.75) is 6.54 Å². The van der Waals surface area contributed by atoms with Crippen LogP contribution in [0.2, 0.25) is 5.02 Å². The van der Waals surface area contributed by atoms with Crippen molar-refractivity contribution in [3.8, 4) is 11.5 Å². The van der Waals surface area contributed by atoms with Crippen LogP contribution in [0.4, 0.5) is 10.1 Å². The third-order valence-electron chi connectivity index (χ3n) is 6.07. The highest BCUT2D eigenvalue weighted by Crippen LogP contribution is 2.40. The normalized spacial score (nSPS) is 17.3. The molecule has 1 saturated heterocycles. The van der Waals surface area contributed by atoms with Crippen LogP contribution in [0.5, 0.6) is 11.5 Å². The standard InChI is InChI=1S/C26H22ClFN2O3/c27-21-7-4-8-22(28)19(21)15-24-25(32)18-9-10-23(31)20(26(18)33-24)16-29-11-13-30(14-12-29)17-5-2-1-3-6-17/h1-10,15,31H,11-14,16H2/b24-15-. The molecule has 0 radical (unpaired) electrons. The molecule has 0 aromatic heterocycles. The molecule has 2 aliphatic rings. The number of nitrogens with zero attached hydrogens (tertiary/aromatic N) is 2. The van der Waals surface area contributed by atoms with Crippen molar-refractivity contribution in [1.29, 1.82) is 0 Å². The van der Waals surface area contributed by atoms with E-state index >= 15 is 0 Å². The molecular formula is C26H22ClFN2O3. The van der Waals surface area contributed by atoms with Crippen molar-refractivity contribution in [2.24, 2.45) is 0 Å². The molecule has 5 rings (SSSR count). The summed E-state index contributed by atoms with van der Waals surface area (Å²) in [6, 6.07) is 17.6. The van der Waals surface area contributed by atoms with E-state index in [0.717, 1.165) is 26.2 Å². The molecule has 0 amide bonds. The number of para-hydroxylation sites is 1. The molecule has 0 spiro atoms. The van der Waals surface area contributed by atoms with E-state index in [1.165, 1.54) is 36.0 Å². The molecule has 0 unspecified atom stereocenters. The largest absolute Gasteiger partial charge is 0.507 e. The minimum atomic E-state index is -0.540. The molecule has 0 saturated carbocycles. The smallest absolute Gasteiger partial charge is 0.231 e. The first kappa shape index (κ1) is 21.5. The number of phenols is 1. The number of aromatic hydroxyl groups is 1. The Kier molecular flexibility index (Phi) is 5.79. The van der Waals surface area contributed by atoms with Gasteiger partial charge in [-0.25, -0.2) is 4.39 Å². The fraction of sp³-hybridized carbons (Fsp3) is 0.192. The lowest BCUT2D eigenvalue weighted by Gasteiger charge is -2.36. The number of halogens is 2. The number of ketones is 1. The monoisotopic (exact) mass is 464 g/mol. The number of hydrogen-bond acceptors (Lipinski definition) is 5. The Morgan fingerprint density at radius 1 is 1.00 bits per heavy atom. The molecule has 168 valence electrons. The third kappa shape index (κ3) is 4.19. The lowest BCUT2D eigenvalue weighted by atomic mass is 10.0. The van der Waals surface area contributed by atoms with Gasteiger partial charge in [0.1, 0.15) is 17.3 Å². The van der Waals surface area contributed by atoms with Crippen LogP contribution in [-0.2, 0) is 6.54 Å². The van der Waals surface area contributed by atoms with E-state index in [1.807, 2.05) is 18.2 Å². The van der Waals surface area contributed by atoms with Gasteiger partial charge in [-0.05, 0) is 42.5 Å². The number of anilines is 1. The first-order valence-electron chi connectivity index (χ1n) is 10.8. The van der Waals surface area contributed by atoms with Gasteiger partial charge < -0.3 is 14.7 Å². The van der Waals surface area contributed by atoms with Gasteiger partial charge >= 0.3 is 0 Å². The Hall–Kier alpha value is -3.35. The zero-order valence-corrected chi connectivity index (χ0v) is 18.6. The van der Waals surface area contributed by atoms with Crippen LogP contribution in [0.15, 0.2) is 66.4 Å². The number of fused-ring (bicyclic) bond motifs is 1. The topological polar surface area (TPSA) is 53.0 Å². The first-order chi connectivity index (χ1) is 16.0. The Balaban J connectivity index is 1.36. The summed E-state index contributed by atoms with van der Waals surface area (Å²) in [7, 11) is 0. The molecule has 2 aliphatic heterocycles. The molecule has 3 aromatic rings. The molecule has 0 aliphatic carbocycles. The van der Waals surface area contributed by atoms with E-state index in [1.54, 1.807) is 6.07 Å². The van der Waals surface area contributed by atoms with E-state index < -0.39 is 5.82 Å². The lowest BCUT2D eigenvalue weighted by Crippen LogP contribution is -2.46. The van der Waals surface area contributed by atoms with Crippen molar-refractivity contribution >= 4 is 29.1 Å². The molecule has 5 nitrogen and oxygen atoms in total. The van der Waals surface area contributed by atoms with Crippen LogP contribution in [0.25, 0.3) is 6.08 Å². The van der Waals surface area contributed by atoms with E-state index in [2.05, 4.69) is 21.9 Å². The number of allylic oxidation sites excluding steroid dienone is 1. The molecule has 0 atom stereocenters. The molecule has 33 heavy (non-hydrogen) atoms. The van der Waals surface area contributed by atoms with Crippen LogP contribution in [0.3, 0.4) is 0 Å². The predicted molar refractivity (Wildman–Crippen MR) is 126 cm³/mol. The second-order valence-corrected chi connectivity index (χ2v) is 8.52. The highest BCUT2D eigenvalue weighted by atomic mass is 35.5. The summed E-state index contributed by atoms with van der Waals surface area (Å²) in [6.45, 7) is 3.77. The first-order valence-corrected chi connectivity index (χ1v) is 11.1. The molecule has 1 fully saturated rings. The Morgan fingerprint density at radius 3 is 2.48 bits per heavy atom. The highest BCUT2D eigenvalue weighted by Gasteiger charge is 2.32. The number of benzene rings is 3. The van der Waals surface area contributed by atoms with Crippen LogP contribution in [-0.4, -0.2) is 42.0 Å². The van der Waals surface area contributed by atoms with Gasteiger partial charge in [-0.3, -0.25) is 9.69 Å². The number of piperazine rings is 1. The van der Waals surface area contributed by atoms with E-state index in [9.17, 15) is 14.3 Å². The van der Waals surface area contributed by atoms with Gasteiger partial charge in [0.15, 0.2) is 5.76 Å². The van der Waals surface area contributed by atoms with Gasteiger partial charge in [-0.1, -0.05) is 35.9 Å². The molecule has 7 heteroatoms. The quantitative estimate of drug-likeness (QED) is 0.543. The van der Waals surface area contributed by atoms with Gasteiger partial charge in [-0.15, -0.1) is 0 Å². The Bertz CT molecular complexity index is 1220. The summed E-state index contributed by atoms with van der Waals surface area (Å²) >= 11 is 6.11. The number of rotatable bonds is 4. The summed E-state index contributed by atoms with van der Waals surface area (Å²) in [5.74, 6) is -0.527. The summed E-state index contributed by atoms with van der Waals surface area (Å²) in [5.41, 5.74) is 2.19. The SMILES string of the molecule is O=C1/C(=C/c2c(F)cccc2Cl)Oc2c1ccc(O)c2CN1CCN(c2ccccc2)CC1. The van der Waals surface area contributed by atoms with Crippen molar-refractivity contribution in [3.05, 3.63) is 94.0 Å². The van der Waals surface area contributed by atoms with Crippen molar-refractivity contribution in [2.75, 3.05) is 31.1 Å². The number of ether oxygens (including phenoxy) is 1. The van der Waals surface area contributed by atoms with Gasteiger partial charge in [0, 0.05) is 44.0 Å². The average Bonchev–Trinajstić information content (AvgIpc) is 3.15. The zero-order chi connectivity index (χ0) is 22.9. The third-order valence-corrected chi connectivity index (χ3v) is 6.40. The fourth-order valence-corrected chi connectivity index (χ4v) is 4.47. The van der Waals surface area contributed by atoms with Gasteiger partial charge in [0.05, 0.1) is 16.1 Å². The van der Waals surface area contributed by atoms with E-state index in [4.69, 9.17) is 16.3 Å². The average molecular weight is 465 g/mol. The maximum absolute atomic E-state index is 14.2. The molecule has 3 aromatic carbocycles. The molecule has 2 heterocycles. The Labute approximate surface area is 196 Å². The van der Waals surface area contributed by atoms with Crippen molar-refractivity contribution < 1.29 is 19.0 Å². The minimum absolute atomic E-state index is 0.0160. The van der Waals surface area contributed by atoms with E-state index in [0.29, 0.717) is 23.4 Å². The molecule has 0 bridgehead atoms. The number of carbonyl (C=O) groups is 1. The van der Waals surface area contributed by atoms with Crippen molar-refractivity contribution in [1.82, 2.24) is 4.90 Å². The fourth-order valence-electron chi connectivity index (χ4n) is 4.26. The number of hydrogen-bond donors (Lipinski definition) is 1. The van der Waals surface area contributed by atoms with Crippen LogP contribution >= 0.6 is 11.6 Å². The van der Waals surface area contributed by atoms with Crippen LogP contribution in [0, 0.1) is 5.82 Å². The summed E-state index contributed by atoms with van der Waals surface area (Å²) in [6.07, 6.45) is 1.32. The number of carbonyl (C=O) groups excluding carboxylic acids is 1. The number of Topliss-reactive ketones (excluding diaryl/α,β-unsaturated/α-hetero) is 1. The van der Waals surface area contributed by atoms with Crippen LogP contribution in [0.1, 0.15) is 21.5 Å². The zero-order valence-electron chi connectivity index (χ0n) is 17.8. The van der Waals surface area contributed by atoms with Gasteiger partial charge in [-0.2, -0.15) is 0 Å². The van der Waals surface area contributed by atoms with E-state index in [-0.39, 0.29) is 27.9 Å². The van der Waals surface area contributed by atoms with Crippen LogP contribution < -0.4 is 9.64 Å². The Morgan fingerprint density at radius 2 is 1.76 bits per heavy atom. The maximum Gasteiger partial charge on any atom is 0.231 e. The maximum atomic E-state index is 14.2. The predicted octanol–water partition coefficient (Wildman–Crippen LogP) is 5.12. The number of phenolic OH excluding ortho intramolecular Hbond substituents is 1.